The van der Waals surface area contributed by atoms with Crippen molar-refractivity contribution in [3.63, 3.8) is 0 Å². The number of primary amides is 1. The van der Waals surface area contributed by atoms with Crippen LogP contribution in [0, 0.1) is 0 Å². The number of hydrogen-bond acceptors (Lipinski definition) is 6. The molecule has 1 aromatic heterocycles. The average molecular weight is 264 g/mol. The molecule has 1 saturated heterocycles. The molecule has 1 aliphatic heterocycles. The number of urea groups is 1. The monoisotopic (exact) mass is 264 g/mol. The number of nitrogens with one attached hydrogen (secondary N) is 2. The lowest BCUT2D eigenvalue weighted by Crippen LogP contribution is -2.56. The number of imide groups is 2. The molecule has 0 spiro atoms. The molecule has 0 bridgehead atoms. The Labute approximate surface area is 106 Å². The van der Waals surface area contributed by atoms with Crippen LogP contribution in [-0.2, 0) is 14.4 Å². The average Bonchev–Trinajstić information content (AvgIpc) is 2.37. The van der Waals surface area contributed by atoms with Crippen molar-refractivity contribution in [3.05, 3.63) is 30.1 Å². The standard InChI is InChI=1S/C6H6N2O.C4H2N2O4/c7-6(9)5-2-1-3-8-4-5;7-1-2(8)5-4(10)6-3(1)9/h1-4H,(H2,7,9);(H2,5,6,8,9,10). The summed E-state index contributed by atoms with van der Waals surface area (Å²) in [5.74, 6) is -4.06. The van der Waals surface area contributed by atoms with Gasteiger partial charge in [-0.05, 0) is 12.1 Å². The molecule has 1 fully saturated rings. The summed E-state index contributed by atoms with van der Waals surface area (Å²) in [6.45, 7) is 0. The third kappa shape index (κ3) is 4.00. The van der Waals surface area contributed by atoms with Gasteiger partial charge in [-0.15, -0.1) is 0 Å². The van der Waals surface area contributed by atoms with Gasteiger partial charge in [-0.25, -0.2) is 4.79 Å². The normalized spacial score (nSPS) is 13.9. The van der Waals surface area contributed by atoms with Crippen molar-refractivity contribution in [1.29, 1.82) is 0 Å². The fraction of sp³-hybridized carbons (Fsp3) is 0. The van der Waals surface area contributed by atoms with Crippen LogP contribution in [0.2, 0.25) is 0 Å². The molecule has 2 rings (SSSR count). The van der Waals surface area contributed by atoms with E-state index in [1.54, 1.807) is 29.0 Å². The topological polar surface area (TPSA) is 148 Å². The van der Waals surface area contributed by atoms with Crippen LogP contribution >= 0.6 is 0 Å². The maximum atomic E-state index is 10.4. The Kier molecular flexibility index (Phi) is 4.41. The number of nitrogens with two attached hydrogens (primary N) is 1. The molecule has 1 aliphatic rings. The van der Waals surface area contributed by atoms with E-state index in [2.05, 4.69) is 4.98 Å². The maximum Gasteiger partial charge on any atom is 0.328 e. The van der Waals surface area contributed by atoms with Crippen molar-refractivity contribution in [2.24, 2.45) is 5.73 Å². The number of rotatable bonds is 1. The highest BCUT2D eigenvalue weighted by molar-refractivity contribution is 6.66. The number of nitrogens with zero attached hydrogens (tertiary/aromatic N) is 1. The lowest BCUT2D eigenvalue weighted by molar-refractivity contribution is -0.146. The van der Waals surface area contributed by atoms with Crippen LogP contribution in [0.3, 0.4) is 0 Å². The van der Waals surface area contributed by atoms with Crippen LogP contribution in [0.25, 0.3) is 0 Å². The molecular weight excluding hydrogens is 256 g/mol. The van der Waals surface area contributed by atoms with Gasteiger partial charge in [-0.1, -0.05) is 0 Å². The van der Waals surface area contributed by atoms with Crippen molar-refractivity contribution in [3.8, 4) is 0 Å². The number of barbiturate groups is 1. The van der Waals surface area contributed by atoms with E-state index in [4.69, 9.17) is 5.73 Å². The summed E-state index contributed by atoms with van der Waals surface area (Å²) in [5, 5.41) is 3.20. The quantitative estimate of drug-likeness (QED) is 0.504. The van der Waals surface area contributed by atoms with E-state index >= 15 is 0 Å². The lowest BCUT2D eigenvalue weighted by Gasteiger charge is -2.07. The van der Waals surface area contributed by atoms with Gasteiger partial charge in [-0.3, -0.25) is 34.8 Å². The van der Waals surface area contributed by atoms with Crippen LogP contribution in [0.1, 0.15) is 10.4 Å². The Morgan fingerprint density at radius 2 is 1.68 bits per heavy atom. The van der Waals surface area contributed by atoms with Gasteiger partial charge >= 0.3 is 23.6 Å². The number of pyridine rings is 1. The number of Topliss-reactive ketones (excluding diaryl/α,β-unsaturated/α-hetero) is 1. The second kappa shape index (κ2) is 6.00. The Morgan fingerprint density at radius 1 is 1.11 bits per heavy atom. The van der Waals surface area contributed by atoms with Crippen molar-refractivity contribution >= 4 is 29.5 Å². The molecule has 0 aromatic carbocycles. The van der Waals surface area contributed by atoms with E-state index < -0.39 is 29.5 Å². The molecule has 0 aliphatic carbocycles. The van der Waals surface area contributed by atoms with Crippen LogP contribution < -0.4 is 16.4 Å². The SMILES string of the molecule is NC(=O)c1cccnc1.O=C1NC(=O)C(=O)C(=O)N1. The summed E-state index contributed by atoms with van der Waals surface area (Å²) < 4.78 is 0. The van der Waals surface area contributed by atoms with E-state index in [1.807, 2.05) is 0 Å². The zero-order valence-corrected chi connectivity index (χ0v) is 9.38. The van der Waals surface area contributed by atoms with Gasteiger partial charge in [0.2, 0.25) is 5.91 Å². The molecule has 98 valence electrons. The molecule has 9 heteroatoms. The van der Waals surface area contributed by atoms with Crippen LogP contribution in [0.5, 0.6) is 0 Å². The van der Waals surface area contributed by atoms with E-state index in [-0.39, 0.29) is 0 Å². The van der Waals surface area contributed by atoms with Crippen LogP contribution in [0.4, 0.5) is 4.79 Å². The summed E-state index contributed by atoms with van der Waals surface area (Å²) >= 11 is 0. The number of carbonyl (C=O) groups is 5. The highest BCUT2D eigenvalue weighted by atomic mass is 16.2. The molecule has 9 nitrogen and oxygen atoms in total. The smallest absolute Gasteiger partial charge is 0.328 e. The van der Waals surface area contributed by atoms with E-state index in [0.29, 0.717) is 5.56 Å². The first kappa shape index (κ1) is 14.0. The molecule has 1 aromatic rings. The molecule has 0 saturated carbocycles. The maximum absolute atomic E-state index is 10.4. The fourth-order valence-corrected chi connectivity index (χ4v) is 0.963. The first-order valence-corrected chi connectivity index (χ1v) is 4.82. The molecule has 0 radical (unpaired) electrons. The largest absolute Gasteiger partial charge is 0.366 e. The third-order valence-corrected chi connectivity index (χ3v) is 1.81. The Balaban J connectivity index is 0.000000191. The Bertz CT molecular complexity index is 532. The first-order valence-electron chi connectivity index (χ1n) is 4.82. The summed E-state index contributed by atoms with van der Waals surface area (Å²) in [7, 11) is 0. The van der Waals surface area contributed by atoms with E-state index in [9.17, 15) is 24.0 Å². The Hall–Kier alpha value is -3.10. The lowest BCUT2D eigenvalue weighted by atomic mass is 10.3. The van der Waals surface area contributed by atoms with E-state index in [0.717, 1.165) is 0 Å². The zero-order valence-electron chi connectivity index (χ0n) is 9.38. The van der Waals surface area contributed by atoms with Gasteiger partial charge in [-0.2, -0.15) is 0 Å². The predicted molar refractivity (Wildman–Crippen MR) is 59.4 cm³/mol. The second-order valence-electron chi connectivity index (χ2n) is 3.17. The van der Waals surface area contributed by atoms with Gasteiger partial charge in [0.25, 0.3) is 0 Å². The van der Waals surface area contributed by atoms with Crippen molar-refractivity contribution < 1.29 is 24.0 Å². The zero-order chi connectivity index (χ0) is 14.4. The highest BCUT2D eigenvalue weighted by Crippen LogP contribution is 1.91. The van der Waals surface area contributed by atoms with Crippen molar-refractivity contribution in [2.45, 2.75) is 0 Å². The Morgan fingerprint density at radius 3 is 2.05 bits per heavy atom. The molecule has 0 atom stereocenters. The summed E-state index contributed by atoms with van der Waals surface area (Å²) in [4.78, 5) is 55.1. The van der Waals surface area contributed by atoms with Gasteiger partial charge in [0.15, 0.2) is 0 Å². The minimum absolute atomic E-state index is 0.442. The number of carbonyl (C=O) groups excluding carboxylic acids is 5. The van der Waals surface area contributed by atoms with Gasteiger partial charge in [0.05, 0.1) is 5.56 Å². The van der Waals surface area contributed by atoms with E-state index in [1.165, 1.54) is 6.20 Å². The number of aromatic nitrogens is 1. The third-order valence-electron chi connectivity index (χ3n) is 1.81. The molecule has 19 heavy (non-hydrogen) atoms. The number of hydrogen-bond donors (Lipinski definition) is 3. The summed E-state index contributed by atoms with van der Waals surface area (Å²) in [5.41, 5.74) is 5.38. The number of ketones is 1. The van der Waals surface area contributed by atoms with Crippen LogP contribution in [0.15, 0.2) is 24.5 Å². The van der Waals surface area contributed by atoms with Crippen molar-refractivity contribution in [1.82, 2.24) is 15.6 Å². The van der Waals surface area contributed by atoms with Gasteiger partial charge in [0, 0.05) is 12.4 Å². The molecule has 4 N–H and O–H groups in total. The predicted octanol–water partition coefficient (Wildman–Crippen LogP) is -1.90. The minimum atomic E-state index is -1.25. The molecule has 2 heterocycles. The first-order chi connectivity index (χ1) is 8.91. The summed E-state index contributed by atoms with van der Waals surface area (Å²) in [6, 6.07) is 2.32. The minimum Gasteiger partial charge on any atom is -0.366 e. The number of amides is 5. The molecule has 0 unspecified atom stereocenters. The van der Waals surface area contributed by atoms with Gasteiger partial charge < -0.3 is 5.73 Å². The highest BCUT2D eigenvalue weighted by Gasteiger charge is 2.31. The van der Waals surface area contributed by atoms with Crippen LogP contribution in [-0.4, -0.2) is 34.5 Å². The fourth-order valence-electron chi connectivity index (χ4n) is 0.963. The van der Waals surface area contributed by atoms with Gasteiger partial charge in [0.1, 0.15) is 0 Å². The van der Waals surface area contributed by atoms with Crippen molar-refractivity contribution in [2.75, 3.05) is 0 Å². The second-order valence-corrected chi connectivity index (χ2v) is 3.17. The molecule has 5 amide bonds. The molecular formula is C10H8N4O5. The summed E-state index contributed by atoms with van der Waals surface area (Å²) in [6.07, 6.45) is 3.02.